The molecule has 0 spiro atoms. The summed E-state index contributed by atoms with van der Waals surface area (Å²) in [4.78, 5) is 16.2. The van der Waals surface area contributed by atoms with Gasteiger partial charge in [-0.2, -0.15) is 13.2 Å². The second kappa shape index (κ2) is 6.00. The van der Waals surface area contributed by atoms with Crippen molar-refractivity contribution < 1.29 is 13.2 Å². The van der Waals surface area contributed by atoms with E-state index in [-0.39, 0.29) is 16.7 Å². The van der Waals surface area contributed by atoms with Gasteiger partial charge in [0.15, 0.2) is 0 Å². The standard InChI is InChI=1S/C19H20F3N3O/c1-18(2,3)11-25-15-6-5-12(9-16(15)24(4)17(25)26)13-7-8-23-10-14(13)19(20,21)22/h5-10H,11H2,1-4H3. The van der Waals surface area contributed by atoms with Crippen LogP contribution in [0.3, 0.4) is 0 Å². The number of hydrogen-bond acceptors (Lipinski definition) is 2. The van der Waals surface area contributed by atoms with Gasteiger partial charge in [-0.05, 0) is 34.7 Å². The molecule has 1 aromatic carbocycles. The van der Waals surface area contributed by atoms with Gasteiger partial charge >= 0.3 is 11.9 Å². The first-order chi connectivity index (χ1) is 12.0. The highest BCUT2D eigenvalue weighted by atomic mass is 19.4. The first-order valence-corrected chi connectivity index (χ1v) is 8.20. The lowest BCUT2D eigenvalue weighted by molar-refractivity contribution is -0.137. The van der Waals surface area contributed by atoms with Crippen LogP contribution in [0.4, 0.5) is 13.2 Å². The van der Waals surface area contributed by atoms with Gasteiger partial charge in [-0.3, -0.25) is 14.1 Å². The zero-order valence-electron chi connectivity index (χ0n) is 15.1. The normalized spacial score (nSPS) is 12.7. The van der Waals surface area contributed by atoms with Crippen LogP contribution in [0, 0.1) is 5.41 Å². The largest absolute Gasteiger partial charge is 0.418 e. The molecule has 138 valence electrons. The summed E-state index contributed by atoms with van der Waals surface area (Å²) in [5.74, 6) is 0. The Hall–Kier alpha value is -2.57. The van der Waals surface area contributed by atoms with Gasteiger partial charge in [0.1, 0.15) is 0 Å². The quantitative estimate of drug-likeness (QED) is 0.674. The smallest absolute Gasteiger partial charge is 0.295 e. The Bertz CT molecular complexity index is 1020. The van der Waals surface area contributed by atoms with Gasteiger partial charge in [0.25, 0.3) is 0 Å². The van der Waals surface area contributed by atoms with E-state index in [0.29, 0.717) is 23.1 Å². The SMILES string of the molecule is Cn1c(=O)n(CC(C)(C)C)c2ccc(-c3ccncc3C(F)(F)F)cc21. The molecule has 0 aliphatic heterocycles. The second-order valence-electron chi connectivity index (χ2n) is 7.61. The summed E-state index contributed by atoms with van der Waals surface area (Å²) in [6, 6.07) is 6.29. The first kappa shape index (κ1) is 18.2. The maximum Gasteiger partial charge on any atom is 0.418 e. The number of aromatic nitrogens is 3. The molecule has 0 atom stereocenters. The van der Waals surface area contributed by atoms with E-state index in [1.54, 1.807) is 29.8 Å². The van der Waals surface area contributed by atoms with Gasteiger partial charge < -0.3 is 0 Å². The molecule has 0 unspecified atom stereocenters. The fraction of sp³-hybridized carbons (Fsp3) is 0.368. The summed E-state index contributed by atoms with van der Waals surface area (Å²) in [7, 11) is 1.63. The number of alkyl halides is 3. The summed E-state index contributed by atoms with van der Waals surface area (Å²) in [5, 5.41) is 0. The molecule has 0 N–H and O–H groups in total. The molecule has 0 saturated carbocycles. The number of benzene rings is 1. The average molecular weight is 363 g/mol. The molecule has 0 fully saturated rings. The van der Waals surface area contributed by atoms with E-state index in [4.69, 9.17) is 0 Å². The highest BCUT2D eigenvalue weighted by molar-refractivity contribution is 5.83. The molecule has 0 saturated heterocycles. The average Bonchev–Trinajstić information content (AvgIpc) is 2.77. The Morgan fingerprint density at radius 2 is 1.77 bits per heavy atom. The number of aryl methyl sites for hydroxylation is 1. The monoisotopic (exact) mass is 363 g/mol. The van der Waals surface area contributed by atoms with Crippen LogP contribution < -0.4 is 5.69 Å². The highest BCUT2D eigenvalue weighted by Gasteiger charge is 2.34. The Labute approximate surface area is 148 Å². The third-order valence-corrected chi connectivity index (χ3v) is 4.22. The van der Waals surface area contributed by atoms with E-state index in [2.05, 4.69) is 4.98 Å². The lowest BCUT2D eigenvalue weighted by Gasteiger charge is -2.18. The van der Waals surface area contributed by atoms with Crippen molar-refractivity contribution in [2.45, 2.75) is 33.5 Å². The van der Waals surface area contributed by atoms with Crippen molar-refractivity contribution in [1.29, 1.82) is 0 Å². The molecule has 0 aliphatic rings. The van der Waals surface area contributed by atoms with E-state index in [1.165, 1.54) is 16.8 Å². The molecular formula is C19H20F3N3O. The molecule has 4 nitrogen and oxygen atoms in total. The lowest BCUT2D eigenvalue weighted by Crippen LogP contribution is -2.27. The van der Waals surface area contributed by atoms with E-state index in [9.17, 15) is 18.0 Å². The minimum atomic E-state index is -4.50. The molecule has 0 radical (unpaired) electrons. The van der Waals surface area contributed by atoms with Gasteiger partial charge in [-0.25, -0.2) is 4.79 Å². The topological polar surface area (TPSA) is 39.8 Å². The molecule has 0 aliphatic carbocycles. The summed E-state index contributed by atoms with van der Waals surface area (Å²) >= 11 is 0. The van der Waals surface area contributed by atoms with Gasteiger partial charge in [-0.15, -0.1) is 0 Å². The van der Waals surface area contributed by atoms with Crippen LogP contribution in [0.5, 0.6) is 0 Å². The van der Waals surface area contributed by atoms with Gasteiger partial charge in [-0.1, -0.05) is 26.8 Å². The van der Waals surface area contributed by atoms with Crippen LogP contribution in [0.2, 0.25) is 0 Å². The second-order valence-corrected chi connectivity index (χ2v) is 7.61. The van der Waals surface area contributed by atoms with Crippen LogP contribution in [0.25, 0.3) is 22.2 Å². The third kappa shape index (κ3) is 3.25. The van der Waals surface area contributed by atoms with Gasteiger partial charge in [0.2, 0.25) is 0 Å². The molecule has 2 aromatic heterocycles. The van der Waals surface area contributed by atoms with E-state index in [0.717, 1.165) is 6.20 Å². The first-order valence-electron chi connectivity index (χ1n) is 8.20. The number of imidazole rings is 1. The van der Waals surface area contributed by atoms with E-state index < -0.39 is 11.7 Å². The van der Waals surface area contributed by atoms with Crippen molar-refractivity contribution in [3.63, 3.8) is 0 Å². The predicted molar refractivity (Wildman–Crippen MR) is 94.9 cm³/mol. The number of halogens is 3. The molecule has 7 heteroatoms. The van der Waals surface area contributed by atoms with Crippen molar-refractivity contribution >= 4 is 11.0 Å². The van der Waals surface area contributed by atoms with Crippen LogP contribution in [-0.2, 0) is 19.8 Å². The molecule has 0 bridgehead atoms. The van der Waals surface area contributed by atoms with Crippen molar-refractivity contribution in [3.8, 4) is 11.1 Å². The van der Waals surface area contributed by atoms with E-state index >= 15 is 0 Å². The molecular weight excluding hydrogens is 343 g/mol. The van der Waals surface area contributed by atoms with Crippen molar-refractivity contribution in [1.82, 2.24) is 14.1 Å². The molecule has 2 heterocycles. The molecule has 3 rings (SSSR count). The fourth-order valence-electron chi connectivity index (χ4n) is 3.07. The predicted octanol–water partition coefficient (Wildman–Crippen LogP) is 4.47. The number of rotatable bonds is 2. The summed E-state index contributed by atoms with van der Waals surface area (Å²) in [6.07, 6.45) is -2.34. The summed E-state index contributed by atoms with van der Waals surface area (Å²) in [6.45, 7) is 6.60. The van der Waals surface area contributed by atoms with Crippen LogP contribution >= 0.6 is 0 Å². The van der Waals surface area contributed by atoms with Gasteiger partial charge in [0, 0.05) is 26.0 Å². The minimum absolute atomic E-state index is 0.0467. The molecule has 0 amide bonds. The third-order valence-electron chi connectivity index (χ3n) is 4.22. The Morgan fingerprint density at radius 3 is 2.38 bits per heavy atom. The highest BCUT2D eigenvalue weighted by Crippen LogP contribution is 2.37. The fourth-order valence-corrected chi connectivity index (χ4v) is 3.07. The zero-order valence-corrected chi connectivity index (χ0v) is 15.1. The van der Waals surface area contributed by atoms with Gasteiger partial charge in [0.05, 0.1) is 16.6 Å². The maximum absolute atomic E-state index is 13.3. The number of fused-ring (bicyclic) bond motifs is 1. The number of hydrogen-bond donors (Lipinski definition) is 0. The summed E-state index contributed by atoms with van der Waals surface area (Å²) < 4.78 is 43.0. The van der Waals surface area contributed by atoms with Crippen molar-refractivity contribution in [3.05, 3.63) is 52.7 Å². The Balaban J connectivity index is 2.22. The lowest BCUT2D eigenvalue weighted by atomic mass is 9.96. The van der Waals surface area contributed by atoms with Crippen LogP contribution in [0.1, 0.15) is 26.3 Å². The maximum atomic E-state index is 13.3. The molecule has 3 aromatic rings. The Kier molecular flexibility index (Phi) is 4.21. The molecule has 26 heavy (non-hydrogen) atoms. The minimum Gasteiger partial charge on any atom is -0.295 e. The van der Waals surface area contributed by atoms with Crippen molar-refractivity contribution in [2.75, 3.05) is 0 Å². The zero-order chi connectivity index (χ0) is 19.3. The van der Waals surface area contributed by atoms with Crippen LogP contribution in [0.15, 0.2) is 41.5 Å². The van der Waals surface area contributed by atoms with Crippen LogP contribution in [-0.4, -0.2) is 14.1 Å². The number of nitrogens with zero attached hydrogens (tertiary/aromatic N) is 3. The number of pyridine rings is 1. The van der Waals surface area contributed by atoms with E-state index in [1.807, 2.05) is 20.8 Å². The van der Waals surface area contributed by atoms with Crippen molar-refractivity contribution in [2.24, 2.45) is 12.5 Å². The summed E-state index contributed by atoms with van der Waals surface area (Å²) in [5.41, 5.74) is 0.670. The Morgan fingerprint density at radius 1 is 1.08 bits per heavy atom.